The van der Waals surface area contributed by atoms with Crippen LogP contribution in [0.4, 0.5) is 11.4 Å². The van der Waals surface area contributed by atoms with Gasteiger partial charge in [-0.05, 0) is 24.3 Å². The van der Waals surface area contributed by atoms with Crippen molar-refractivity contribution in [3.63, 3.8) is 0 Å². The molecule has 0 bridgehead atoms. The lowest BCUT2D eigenvalue weighted by Gasteiger charge is -2.10. The van der Waals surface area contributed by atoms with Crippen LogP contribution in [-0.2, 0) is 14.8 Å². The maximum Gasteiger partial charge on any atom is 0.255 e. The van der Waals surface area contributed by atoms with Crippen LogP contribution in [0.2, 0.25) is 5.02 Å². The van der Waals surface area contributed by atoms with Gasteiger partial charge in [-0.1, -0.05) is 11.6 Å². The van der Waals surface area contributed by atoms with Crippen molar-refractivity contribution in [2.24, 2.45) is 0 Å². The molecule has 0 spiro atoms. The smallest absolute Gasteiger partial charge is 0.255 e. The van der Waals surface area contributed by atoms with E-state index in [1.54, 1.807) is 19.2 Å². The summed E-state index contributed by atoms with van der Waals surface area (Å²) >= 11 is 5.95. The zero-order valence-electron chi connectivity index (χ0n) is 14.2. The molecule has 2 rings (SSSR count). The summed E-state index contributed by atoms with van der Waals surface area (Å²) in [5, 5.41) is 2.85. The molecule has 10 heteroatoms. The van der Waals surface area contributed by atoms with Gasteiger partial charge >= 0.3 is 0 Å². The number of carbonyl (C=O) groups excluding carboxylic acids is 1. The number of methoxy groups -OCH3 is 1. The number of pyridine rings is 1. The van der Waals surface area contributed by atoms with E-state index >= 15 is 0 Å². The Kier molecular flexibility index (Phi) is 6.78. The number of anilines is 2. The molecule has 1 amide bonds. The molecule has 26 heavy (non-hydrogen) atoms. The van der Waals surface area contributed by atoms with Gasteiger partial charge in [0.1, 0.15) is 6.61 Å². The minimum absolute atomic E-state index is 0.127. The number of hydrogen-bond donors (Lipinski definition) is 2. The molecule has 0 aliphatic heterocycles. The highest BCUT2D eigenvalue weighted by molar-refractivity contribution is 7.92. The summed E-state index contributed by atoms with van der Waals surface area (Å²) in [5.41, 5.74) is 0.824. The molecule has 2 aromatic rings. The lowest BCUT2D eigenvalue weighted by molar-refractivity contribution is 0.102. The molecule has 0 saturated carbocycles. The van der Waals surface area contributed by atoms with Crippen LogP contribution in [0, 0.1) is 0 Å². The van der Waals surface area contributed by atoms with Gasteiger partial charge in [-0.25, -0.2) is 13.4 Å². The molecule has 8 nitrogen and oxygen atoms in total. The van der Waals surface area contributed by atoms with E-state index in [0.29, 0.717) is 24.8 Å². The summed E-state index contributed by atoms with van der Waals surface area (Å²) in [7, 11) is -1.94. The van der Waals surface area contributed by atoms with Crippen molar-refractivity contribution >= 4 is 38.9 Å². The first-order valence-electron chi connectivity index (χ1n) is 7.45. The van der Waals surface area contributed by atoms with Crippen LogP contribution in [-0.4, -0.2) is 45.9 Å². The van der Waals surface area contributed by atoms with Crippen LogP contribution in [0.3, 0.4) is 0 Å². The van der Waals surface area contributed by atoms with E-state index < -0.39 is 15.9 Å². The monoisotopic (exact) mass is 399 g/mol. The number of ether oxygens (including phenoxy) is 2. The fourth-order valence-electron chi connectivity index (χ4n) is 1.92. The van der Waals surface area contributed by atoms with Crippen LogP contribution in [0.1, 0.15) is 10.4 Å². The maximum absolute atomic E-state index is 12.3. The maximum atomic E-state index is 12.3. The van der Waals surface area contributed by atoms with Crippen molar-refractivity contribution < 1.29 is 22.7 Å². The number of nitrogens with one attached hydrogen (secondary N) is 2. The number of rotatable bonds is 8. The second kappa shape index (κ2) is 8.84. The zero-order chi connectivity index (χ0) is 19.2. The molecule has 0 radical (unpaired) electrons. The number of sulfonamides is 1. The molecule has 0 fully saturated rings. The van der Waals surface area contributed by atoms with E-state index in [0.717, 1.165) is 6.26 Å². The summed E-state index contributed by atoms with van der Waals surface area (Å²) < 4.78 is 35.2. The zero-order valence-corrected chi connectivity index (χ0v) is 15.7. The van der Waals surface area contributed by atoms with Gasteiger partial charge in [0.05, 0.1) is 35.5 Å². The molecular weight excluding hydrogens is 382 g/mol. The third-order valence-corrected chi connectivity index (χ3v) is 3.98. The molecule has 0 atom stereocenters. The van der Waals surface area contributed by atoms with E-state index in [2.05, 4.69) is 15.0 Å². The normalized spacial score (nSPS) is 11.0. The molecule has 0 unspecified atom stereocenters. The standard InChI is InChI=1S/C16H18ClN3O5S/c1-24-7-8-25-15-6-4-12(10-18-15)19-16(21)11-3-5-13(17)14(9-11)20-26(2,22)23/h3-6,9-10,20H,7-8H2,1-2H3,(H,19,21). The molecule has 1 aromatic carbocycles. The van der Waals surface area contributed by atoms with E-state index in [1.165, 1.54) is 24.4 Å². The number of hydrogen-bond acceptors (Lipinski definition) is 6. The molecular formula is C16H18ClN3O5S. The lowest BCUT2D eigenvalue weighted by Crippen LogP contribution is -2.14. The number of carbonyl (C=O) groups is 1. The van der Waals surface area contributed by atoms with Crippen LogP contribution in [0.15, 0.2) is 36.5 Å². The van der Waals surface area contributed by atoms with Crippen molar-refractivity contribution in [2.75, 3.05) is 36.6 Å². The summed E-state index contributed by atoms with van der Waals surface area (Å²) in [4.78, 5) is 16.4. The number of halogens is 1. The van der Waals surface area contributed by atoms with Crippen molar-refractivity contribution in [1.82, 2.24) is 4.98 Å². The van der Waals surface area contributed by atoms with Crippen LogP contribution >= 0.6 is 11.6 Å². The minimum Gasteiger partial charge on any atom is -0.475 e. The van der Waals surface area contributed by atoms with E-state index in [1.807, 2.05) is 0 Å². The van der Waals surface area contributed by atoms with Gasteiger partial charge in [0.2, 0.25) is 15.9 Å². The molecule has 0 aliphatic carbocycles. The van der Waals surface area contributed by atoms with Crippen LogP contribution in [0.25, 0.3) is 0 Å². The summed E-state index contributed by atoms with van der Waals surface area (Å²) in [6.07, 6.45) is 2.45. The Balaban J connectivity index is 2.06. The second-order valence-electron chi connectivity index (χ2n) is 5.25. The first kappa shape index (κ1) is 20.0. The third-order valence-electron chi connectivity index (χ3n) is 3.06. The predicted octanol–water partition coefficient (Wildman–Crippen LogP) is 2.38. The van der Waals surface area contributed by atoms with Crippen molar-refractivity contribution in [3.8, 4) is 5.88 Å². The molecule has 1 aromatic heterocycles. The average molecular weight is 400 g/mol. The first-order chi connectivity index (χ1) is 12.3. The number of nitrogens with zero attached hydrogens (tertiary/aromatic N) is 1. The fourth-order valence-corrected chi connectivity index (χ4v) is 2.71. The fraction of sp³-hybridized carbons (Fsp3) is 0.250. The molecule has 1 heterocycles. The van der Waals surface area contributed by atoms with Gasteiger partial charge < -0.3 is 14.8 Å². The summed E-state index contributed by atoms with van der Waals surface area (Å²) in [6, 6.07) is 7.53. The Morgan fingerprint density at radius 1 is 1.23 bits per heavy atom. The van der Waals surface area contributed by atoms with E-state index in [4.69, 9.17) is 21.1 Å². The summed E-state index contributed by atoms with van der Waals surface area (Å²) in [6.45, 7) is 0.816. The van der Waals surface area contributed by atoms with E-state index in [9.17, 15) is 13.2 Å². The molecule has 140 valence electrons. The van der Waals surface area contributed by atoms with Crippen LogP contribution in [0.5, 0.6) is 5.88 Å². The van der Waals surface area contributed by atoms with Crippen LogP contribution < -0.4 is 14.8 Å². The van der Waals surface area contributed by atoms with Gasteiger partial charge in [-0.15, -0.1) is 0 Å². The topological polar surface area (TPSA) is 107 Å². The lowest BCUT2D eigenvalue weighted by atomic mass is 10.2. The van der Waals surface area contributed by atoms with E-state index in [-0.39, 0.29) is 16.3 Å². The number of aromatic nitrogens is 1. The molecule has 0 aliphatic rings. The molecule has 2 N–H and O–H groups in total. The Bertz CT molecular complexity index is 872. The number of benzene rings is 1. The van der Waals surface area contributed by atoms with Gasteiger partial charge in [-0.2, -0.15) is 0 Å². The van der Waals surface area contributed by atoms with Gasteiger partial charge in [-0.3, -0.25) is 9.52 Å². The minimum atomic E-state index is -3.51. The highest BCUT2D eigenvalue weighted by atomic mass is 35.5. The summed E-state index contributed by atoms with van der Waals surface area (Å²) in [5.74, 6) is -0.0285. The Morgan fingerprint density at radius 2 is 2.00 bits per heavy atom. The highest BCUT2D eigenvalue weighted by Crippen LogP contribution is 2.24. The van der Waals surface area contributed by atoms with Crippen molar-refractivity contribution in [3.05, 3.63) is 47.1 Å². The SMILES string of the molecule is COCCOc1ccc(NC(=O)c2ccc(Cl)c(NS(C)(=O)=O)c2)cn1. The Labute approximate surface area is 156 Å². The van der Waals surface area contributed by atoms with Crippen molar-refractivity contribution in [2.45, 2.75) is 0 Å². The third kappa shape index (κ3) is 6.17. The Morgan fingerprint density at radius 3 is 2.62 bits per heavy atom. The van der Waals surface area contributed by atoms with Crippen molar-refractivity contribution in [1.29, 1.82) is 0 Å². The Hall–Kier alpha value is -2.36. The van der Waals surface area contributed by atoms with Gasteiger partial charge in [0, 0.05) is 18.7 Å². The second-order valence-corrected chi connectivity index (χ2v) is 7.41. The molecule has 0 saturated heterocycles. The highest BCUT2D eigenvalue weighted by Gasteiger charge is 2.12. The quantitative estimate of drug-likeness (QED) is 0.660. The van der Waals surface area contributed by atoms with Gasteiger partial charge in [0.15, 0.2) is 0 Å². The first-order valence-corrected chi connectivity index (χ1v) is 9.72. The largest absolute Gasteiger partial charge is 0.475 e. The van der Waals surface area contributed by atoms with Gasteiger partial charge in [0.25, 0.3) is 5.91 Å². The predicted molar refractivity (Wildman–Crippen MR) is 99.5 cm³/mol. The average Bonchev–Trinajstić information content (AvgIpc) is 2.57. The number of amides is 1.